The van der Waals surface area contributed by atoms with Crippen molar-refractivity contribution in [2.24, 2.45) is 0 Å². The van der Waals surface area contributed by atoms with Crippen LogP contribution in [0.1, 0.15) is 16.8 Å². The smallest absolute Gasteiger partial charge is 0.387 e. The Labute approximate surface area is 159 Å². The third-order valence-corrected chi connectivity index (χ3v) is 4.99. The third kappa shape index (κ3) is 3.92. The van der Waals surface area contributed by atoms with Gasteiger partial charge in [-0.25, -0.2) is 4.98 Å². The van der Waals surface area contributed by atoms with Crippen LogP contribution in [0.25, 0.3) is 11.0 Å². The van der Waals surface area contributed by atoms with E-state index >= 15 is 0 Å². The molecule has 0 unspecified atom stereocenters. The zero-order chi connectivity index (χ0) is 19.6. The number of thioether (sulfide) groups is 1. The molecule has 0 radical (unpaired) electrons. The topological polar surface area (TPSA) is 69.3 Å². The van der Waals surface area contributed by atoms with Crippen molar-refractivity contribution < 1.29 is 23.0 Å². The quantitative estimate of drug-likeness (QED) is 0.595. The van der Waals surface area contributed by atoms with Crippen LogP contribution in [0.3, 0.4) is 0 Å². The lowest BCUT2D eigenvalue weighted by atomic mass is 10.2. The largest absolute Gasteiger partial charge is 0.496 e. The van der Waals surface area contributed by atoms with Crippen molar-refractivity contribution in [2.75, 3.05) is 14.2 Å². The second-order valence-electron chi connectivity index (χ2n) is 5.74. The van der Waals surface area contributed by atoms with Crippen LogP contribution in [0.15, 0.2) is 23.5 Å². The molecule has 0 fully saturated rings. The number of nitrogens with one attached hydrogen (secondary N) is 1. The van der Waals surface area contributed by atoms with E-state index in [9.17, 15) is 8.78 Å². The summed E-state index contributed by atoms with van der Waals surface area (Å²) in [5.41, 5.74) is 3.14. The minimum Gasteiger partial charge on any atom is -0.496 e. The summed E-state index contributed by atoms with van der Waals surface area (Å²) in [6.07, 6.45) is 1.68. The van der Waals surface area contributed by atoms with Crippen molar-refractivity contribution in [2.45, 2.75) is 31.4 Å². The lowest BCUT2D eigenvalue weighted by Crippen LogP contribution is -2.04. The van der Waals surface area contributed by atoms with E-state index < -0.39 is 6.61 Å². The summed E-state index contributed by atoms with van der Waals surface area (Å²) in [4.78, 5) is 11.9. The van der Waals surface area contributed by atoms with Gasteiger partial charge in [0.05, 0.1) is 19.9 Å². The van der Waals surface area contributed by atoms with E-state index in [0.717, 1.165) is 17.0 Å². The van der Waals surface area contributed by atoms with E-state index in [4.69, 9.17) is 9.47 Å². The molecule has 0 spiro atoms. The van der Waals surface area contributed by atoms with Crippen molar-refractivity contribution in [3.05, 3.63) is 35.2 Å². The molecule has 6 nitrogen and oxygen atoms in total. The van der Waals surface area contributed by atoms with Crippen molar-refractivity contribution in [1.29, 1.82) is 0 Å². The number of methoxy groups -OCH3 is 2. The van der Waals surface area contributed by atoms with Crippen LogP contribution in [0.5, 0.6) is 17.2 Å². The first-order chi connectivity index (χ1) is 12.9. The molecular weight excluding hydrogens is 376 g/mol. The molecule has 9 heteroatoms. The fourth-order valence-corrected chi connectivity index (χ4v) is 3.64. The second-order valence-corrected chi connectivity index (χ2v) is 6.71. The monoisotopic (exact) mass is 395 g/mol. The fourth-order valence-electron chi connectivity index (χ4n) is 2.74. The number of aromatic nitrogens is 3. The molecule has 0 saturated carbocycles. The van der Waals surface area contributed by atoms with Crippen LogP contribution in [-0.2, 0) is 5.75 Å². The molecule has 144 valence electrons. The van der Waals surface area contributed by atoms with E-state index in [2.05, 4.69) is 19.7 Å². The Hall–Kier alpha value is -2.55. The van der Waals surface area contributed by atoms with Gasteiger partial charge in [-0.2, -0.15) is 8.78 Å². The van der Waals surface area contributed by atoms with Gasteiger partial charge in [0.2, 0.25) is 0 Å². The molecule has 2 heterocycles. The standard InChI is InChI=1S/C18H19F2N3O3S/c1-9-7-13(25-4)14-15(16(9)26-17(19)20)23-18(22-14)27-8-11-10(2)12(24-3)5-6-21-11/h5-7,17H,8H2,1-4H3,(H,22,23). The van der Waals surface area contributed by atoms with Crippen molar-refractivity contribution in [3.63, 3.8) is 0 Å². The van der Waals surface area contributed by atoms with Gasteiger partial charge in [0.15, 0.2) is 10.9 Å². The first kappa shape index (κ1) is 19.2. The van der Waals surface area contributed by atoms with Gasteiger partial charge in [0.25, 0.3) is 0 Å². The molecule has 0 saturated heterocycles. The highest BCUT2D eigenvalue weighted by Gasteiger charge is 2.19. The van der Waals surface area contributed by atoms with E-state index in [1.54, 1.807) is 32.4 Å². The lowest BCUT2D eigenvalue weighted by Gasteiger charge is -2.10. The number of ether oxygens (including phenoxy) is 3. The Bertz CT molecular complexity index is 963. The number of nitrogens with zero attached hydrogens (tertiary/aromatic N) is 2. The fraction of sp³-hybridized carbons (Fsp3) is 0.333. The van der Waals surface area contributed by atoms with Gasteiger partial charge < -0.3 is 19.2 Å². The number of pyridine rings is 1. The summed E-state index contributed by atoms with van der Waals surface area (Å²) >= 11 is 1.40. The summed E-state index contributed by atoms with van der Waals surface area (Å²) in [5.74, 6) is 1.85. The predicted octanol–water partition coefficient (Wildman–Crippen LogP) is 4.49. The van der Waals surface area contributed by atoms with E-state index in [1.807, 2.05) is 6.92 Å². The Morgan fingerprint density at radius 3 is 2.59 bits per heavy atom. The van der Waals surface area contributed by atoms with Crippen molar-refractivity contribution in [3.8, 4) is 17.2 Å². The molecule has 0 bridgehead atoms. The molecule has 3 aromatic rings. The highest BCUT2D eigenvalue weighted by Crippen LogP contribution is 2.37. The number of benzene rings is 1. The SMILES string of the molecule is COc1ccnc(CSc2nc3c(OC(F)F)c(C)cc(OC)c3[nH]2)c1C. The molecule has 0 aliphatic rings. The first-order valence-electron chi connectivity index (χ1n) is 8.08. The highest BCUT2D eigenvalue weighted by atomic mass is 32.2. The Kier molecular flexibility index (Phi) is 5.69. The summed E-state index contributed by atoms with van der Waals surface area (Å²) in [6.45, 7) is 0.670. The number of fused-ring (bicyclic) bond motifs is 1. The van der Waals surface area contributed by atoms with E-state index in [-0.39, 0.29) is 5.75 Å². The van der Waals surface area contributed by atoms with Crippen LogP contribution in [0.4, 0.5) is 8.78 Å². The molecule has 27 heavy (non-hydrogen) atoms. The van der Waals surface area contributed by atoms with Gasteiger partial charge in [-0.1, -0.05) is 11.8 Å². The number of rotatable bonds is 7. The second kappa shape index (κ2) is 7.99. The normalized spacial score (nSPS) is 11.2. The van der Waals surface area contributed by atoms with E-state index in [0.29, 0.717) is 33.3 Å². The van der Waals surface area contributed by atoms with Gasteiger partial charge >= 0.3 is 6.61 Å². The third-order valence-electron chi connectivity index (χ3n) is 4.10. The number of H-pyrrole nitrogens is 1. The van der Waals surface area contributed by atoms with Gasteiger partial charge in [0.1, 0.15) is 22.5 Å². The maximum absolute atomic E-state index is 12.8. The van der Waals surface area contributed by atoms with Crippen molar-refractivity contribution >= 4 is 22.8 Å². The Morgan fingerprint density at radius 2 is 1.93 bits per heavy atom. The molecule has 0 atom stereocenters. The predicted molar refractivity (Wildman–Crippen MR) is 99.1 cm³/mol. The molecule has 0 aliphatic carbocycles. The van der Waals surface area contributed by atoms with Crippen LogP contribution < -0.4 is 14.2 Å². The molecule has 1 N–H and O–H groups in total. The van der Waals surface area contributed by atoms with Gasteiger partial charge in [0, 0.05) is 17.5 Å². The zero-order valence-corrected chi connectivity index (χ0v) is 16.1. The van der Waals surface area contributed by atoms with Crippen LogP contribution in [0, 0.1) is 13.8 Å². The Balaban J connectivity index is 1.94. The number of imidazole rings is 1. The minimum atomic E-state index is -2.93. The summed E-state index contributed by atoms with van der Waals surface area (Å²) < 4.78 is 40.9. The number of aromatic amines is 1. The Morgan fingerprint density at radius 1 is 1.19 bits per heavy atom. The number of aryl methyl sites for hydroxylation is 1. The zero-order valence-electron chi connectivity index (χ0n) is 15.3. The summed E-state index contributed by atoms with van der Waals surface area (Å²) in [6, 6.07) is 3.44. The average Bonchev–Trinajstić information content (AvgIpc) is 3.07. The van der Waals surface area contributed by atoms with Crippen LogP contribution in [0.2, 0.25) is 0 Å². The average molecular weight is 395 g/mol. The maximum Gasteiger partial charge on any atom is 0.387 e. The number of hydrogen-bond acceptors (Lipinski definition) is 6. The summed E-state index contributed by atoms with van der Waals surface area (Å²) in [7, 11) is 3.12. The van der Waals surface area contributed by atoms with Crippen molar-refractivity contribution in [1.82, 2.24) is 15.0 Å². The van der Waals surface area contributed by atoms with Gasteiger partial charge in [-0.05, 0) is 31.5 Å². The molecule has 0 amide bonds. The summed E-state index contributed by atoms with van der Waals surface area (Å²) in [5, 5.41) is 0.553. The number of alkyl halides is 2. The maximum atomic E-state index is 12.8. The van der Waals surface area contributed by atoms with Gasteiger partial charge in [-0.15, -0.1) is 0 Å². The van der Waals surface area contributed by atoms with Crippen LogP contribution >= 0.6 is 11.8 Å². The highest BCUT2D eigenvalue weighted by molar-refractivity contribution is 7.98. The minimum absolute atomic E-state index is 0.0413. The number of halogens is 2. The van der Waals surface area contributed by atoms with E-state index in [1.165, 1.54) is 18.9 Å². The number of hydrogen-bond donors (Lipinski definition) is 1. The molecular formula is C18H19F2N3O3S. The molecule has 2 aromatic heterocycles. The lowest BCUT2D eigenvalue weighted by molar-refractivity contribution is -0.0493. The molecule has 0 aliphatic heterocycles. The first-order valence-corrected chi connectivity index (χ1v) is 9.06. The van der Waals surface area contributed by atoms with Crippen LogP contribution in [-0.4, -0.2) is 35.8 Å². The molecule has 1 aromatic carbocycles. The van der Waals surface area contributed by atoms with Gasteiger partial charge in [-0.3, -0.25) is 4.98 Å². The molecule has 3 rings (SSSR count).